The molecule has 15 heavy (non-hydrogen) atoms. The average Bonchev–Trinajstić information content (AvgIpc) is 2.59. The van der Waals surface area contributed by atoms with Gasteiger partial charge in [0.05, 0.1) is 4.60 Å². The van der Waals surface area contributed by atoms with Crippen LogP contribution in [-0.4, -0.2) is 40.1 Å². The normalized spacial score (nSPS) is 11.5. The largest absolute Gasteiger partial charge is 0.309 e. The van der Waals surface area contributed by atoms with Crippen LogP contribution in [-0.2, 0) is 6.42 Å². The van der Waals surface area contributed by atoms with Crippen molar-refractivity contribution in [2.45, 2.75) is 6.42 Å². The van der Waals surface area contributed by atoms with Gasteiger partial charge in [0.2, 0.25) is 0 Å². The van der Waals surface area contributed by atoms with Gasteiger partial charge in [0.1, 0.15) is 5.82 Å². The third kappa shape index (κ3) is 2.18. The molecule has 0 bridgehead atoms. The Bertz CT molecular complexity index is 463. The first-order valence-corrected chi connectivity index (χ1v) is 5.61. The minimum atomic E-state index is 0.887. The Kier molecular flexibility index (Phi) is 3.02. The highest BCUT2D eigenvalue weighted by Gasteiger charge is 2.07. The molecule has 0 amide bonds. The van der Waals surface area contributed by atoms with Gasteiger partial charge in [-0.25, -0.2) is 0 Å². The van der Waals surface area contributed by atoms with E-state index in [1.807, 2.05) is 22.6 Å². The van der Waals surface area contributed by atoms with Gasteiger partial charge in [0, 0.05) is 13.0 Å². The quantitative estimate of drug-likeness (QED) is 0.793. The molecule has 2 aromatic heterocycles. The molecule has 0 saturated carbocycles. The zero-order chi connectivity index (χ0) is 10.8. The predicted octanol–water partition coefficient (Wildman–Crippen LogP) is 1.60. The minimum Gasteiger partial charge on any atom is -0.309 e. The molecule has 2 rings (SSSR count). The molecule has 0 aromatic carbocycles. The van der Waals surface area contributed by atoms with E-state index in [0.29, 0.717) is 0 Å². The Morgan fingerprint density at radius 1 is 1.33 bits per heavy atom. The number of hydrogen-bond acceptors (Lipinski definition) is 3. The molecule has 2 heterocycles. The summed E-state index contributed by atoms with van der Waals surface area (Å²) < 4.78 is 3.03. The van der Waals surface area contributed by atoms with Gasteiger partial charge >= 0.3 is 0 Å². The molecule has 0 aliphatic carbocycles. The number of likely N-dealkylation sites (N-methyl/N-ethyl adjacent to an activating group) is 1. The maximum absolute atomic E-state index is 4.18. The van der Waals surface area contributed by atoms with Crippen LogP contribution in [0.15, 0.2) is 22.8 Å². The zero-order valence-corrected chi connectivity index (χ0v) is 10.4. The van der Waals surface area contributed by atoms with E-state index in [1.54, 1.807) is 0 Å². The minimum absolute atomic E-state index is 0.887. The Morgan fingerprint density at radius 3 is 2.87 bits per heavy atom. The van der Waals surface area contributed by atoms with Gasteiger partial charge in [-0.1, -0.05) is 6.07 Å². The molecule has 0 saturated heterocycles. The molecule has 0 aliphatic heterocycles. The summed E-state index contributed by atoms with van der Waals surface area (Å²) in [6.07, 6.45) is 0.900. The number of fused-ring (bicyclic) bond motifs is 1. The predicted molar refractivity (Wildman–Crippen MR) is 62.9 cm³/mol. The van der Waals surface area contributed by atoms with Crippen molar-refractivity contribution in [1.29, 1.82) is 0 Å². The van der Waals surface area contributed by atoms with E-state index in [1.165, 1.54) is 0 Å². The molecule has 0 unspecified atom stereocenters. The Morgan fingerprint density at radius 2 is 2.13 bits per heavy atom. The number of pyridine rings is 1. The molecular formula is C10H13BrN4. The van der Waals surface area contributed by atoms with Crippen molar-refractivity contribution in [3.05, 3.63) is 28.6 Å². The molecule has 80 valence electrons. The number of hydrogen-bond donors (Lipinski definition) is 0. The summed E-state index contributed by atoms with van der Waals surface area (Å²) >= 11 is 3.50. The molecule has 0 aliphatic rings. The van der Waals surface area contributed by atoms with Crippen molar-refractivity contribution in [3.63, 3.8) is 0 Å². The van der Waals surface area contributed by atoms with Crippen LogP contribution in [0.25, 0.3) is 5.65 Å². The second-order valence-corrected chi connectivity index (χ2v) is 4.52. The highest BCUT2D eigenvalue weighted by molar-refractivity contribution is 9.10. The molecule has 0 fully saturated rings. The highest BCUT2D eigenvalue weighted by atomic mass is 79.9. The van der Waals surface area contributed by atoms with Crippen molar-refractivity contribution in [1.82, 2.24) is 19.5 Å². The highest BCUT2D eigenvalue weighted by Crippen LogP contribution is 2.14. The van der Waals surface area contributed by atoms with Crippen molar-refractivity contribution < 1.29 is 0 Å². The van der Waals surface area contributed by atoms with E-state index in [0.717, 1.165) is 29.0 Å². The molecule has 4 nitrogen and oxygen atoms in total. The number of rotatable bonds is 3. The third-order valence-electron chi connectivity index (χ3n) is 2.23. The monoisotopic (exact) mass is 268 g/mol. The zero-order valence-electron chi connectivity index (χ0n) is 8.81. The Balaban J connectivity index is 2.35. The molecule has 0 radical (unpaired) electrons. The lowest BCUT2D eigenvalue weighted by Crippen LogP contribution is -2.16. The summed E-state index contributed by atoms with van der Waals surface area (Å²) in [6.45, 7) is 0.974. The second-order valence-electron chi connectivity index (χ2n) is 3.71. The number of aromatic nitrogens is 3. The lowest BCUT2D eigenvalue weighted by Gasteiger charge is -2.08. The topological polar surface area (TPSA) is 33.4 Å². The first-order chi connectivity index (χ1) is 7.18. The van der Waals surface area contributed by atoms with Gasteiger partial charge in [-0.05, 0) is 42.2 Å². The fourth-order valence-electron chi connectivity index (χ4n) is 1.44. The number of halogens is 1. The van der Waals surface area contributed by atoms with Crippen LogP contribution < -0.4 is 0 Å². The van der Waals surface area contributed by atoms with E-state index < -0.39 is 0 Å². The SMILES string of the molecule is CN(C)CCc1nnc2cccc(Br)n12. The average molecular weight is 269 g/mol. The van der Waals surface area contributed by atoms with E-state index in [2.05, 4.69) is 45.1 Å². The van der Waals surface area contributed by atoms with Gasteiger partial charge < -0.3 is 4.90 Å². The molecule has 0 N–H and O–H groups in total. The van der Waals surface area contributed by atoms with Crippen molar-refractivity contribution in [2.75, 3.05) is 20.6 Å². The summed E-state index contributed by atoms with van der Waals surface area (Å²) in [4.78, 5) is 2.14. The standard InChI is InChI=1S/C10H13BrN4/c1-14(2)7-6-10-13-12-9-5-3-4-8(11)15(9)10/h3-5H,6-7H2,1-2H3. The molecule has 2 aromatic rings. The summed E-state index contributed by atoms with van der Waals surface area (Å²) in [5.74, 6) is 0.992. The van der Waals surface area contributed by atoms with Gasteiger partial charge in [0.25, 0.3) is 0 Å². The molecular weight excluding hydrogens is 256 g/mol. The first kappa shape index (κ1) is 10.6. The first-order valence-electron chi connectivity index (χ1n) is 4.82. The summed E-state index contributed by atoms with van der Waals surface area (Å²) in [5.41, 5.74) is 0.887. The fourth-order valence-corrected chi connectivity index (χ4v) is 1.98. The van der Waals surface area contributed by atoms with Gasteiger partial charge in [-0.15, -0.1) is 10.2 Å². The van der Waals surface area contributed by atoms with Crippen LogP contribution in [0.3, 0.4) is 0 Å². The van der Waals surface area contributed by atoms with Crippen LogP contribution in [0.1, 0.15) is 5.82 Å². The second kappa shape index (κ2) is 4.28. The lowest BCUT2D eigenvalue weighted by molar-refractivity contribution is 0.408. The summed E-state index contributed by atoms with van der Waals surface area (Å²) in [5, 5.41) is 8.31. The Labute approximate surface area is 97.0 Å². The Hall–Kier alpha value is -0.940. The molecule has 0 atom stereocenters. The van der Waals surface area contributed by atoms with E-state index in [-0.39, 0.29) is 0 Å². The van der Waals surface area contributed by atoms with Crippen LogP contribution >= 0.6 is 15.9 Å². The van der Waals surface area contributed by atoms with Gasteiger partial charge in [0.15, 0.2) is 5.65 Å². The van der Waals surface area contributed by atoms with E-state index in [9.17, 15) is 0 Å². The third-order valence-corrected chi connectivity index (χ3v) is 2.85. The maximum atomic E-state index is 4.18. The summed E-state index contributed by atoms with van der Waals surface area (Å²) in [7, 11) is 4.11. The lowest BCUT2D eigenvalue weighted by atomic mass is 10.4. The van der Waals surface area contributed by atoms with E-state index >= 15 is 0 Å². The van der Waals surface area contributed by atoms with Crippen LogP contribution in [0.2, 0.25) is 0 Å². The van der Waals surface area contributed by atoms with Gasteiger partial charge in [-0.2, -0.15) is 0 Å². The maximum Gasteiger partial charge on any atom is 0.161 e. The van der Waals surface area contributed by atoms with Crippen LogP contribution in [0.4, 0.5) is 0 Å². The van der Waals surface area contributed by atoms with Crippen LogP contribution in [0, 0.1) is 0 Å². The molecule has 0 spiro atoms. The smallest absolute Gasteiger partial charge is 0.161 e. The van der Waals surface area contributed by atoms with E-state index in [4.69, 9.17) is 0 Å². The van der Waals surface area contributed by atoms with Crippen LogP contribution in [0.5, 0.6) is 0 Å². The van der Waals surface area contributed by atoms with Crippen molar-refractivity contribution in [3.8, 4) is 0 Å². The van der Waals surface area contributed by atoms with Crippen molar-refractivity contribution >= 4 is 21.6 Å². The van der Waals surface area contributed by atoms with Crippen molar-refractivity contribution in [2.24, 2.45) is 0 Å². The molecule has 5 heteroatoms. The number of nitrogens with zero attached hydrogens (tertiary/aromatic N) is 4. The fraction of sp³-hybridized carbons (Fsp3) is 0.400. The van der Waals surface area contributed by atoms with Gasteiger partial charge in [-0.3, -0.25) is 4.40 Å². The summed E-state index contributed by atoms with van der Waals surface area (Å²) in [6, 6.07) is 5.91.